The highest BCUT2D eigenvalue weighted by atomic mass is 16.3. The number of nitrogens with zero attached hydrogens (tertiary/aromatic N) is 1. The van der Waals surface area contributed by atoms with Crippen LogP contribution in [0, 0.1) is 4.91 Å². The number of hydrogen-bond donors (Lipinski definition) is 1. The summed E-state index contributed by atoms with van der Waals surface area (Å²) in [5.74, 6) is 0. The topological polar surface area (TPSA) is 55.4 Å². The molecule has 0 fully saturated rings. The zero-order chi connectivity index (χ0) is 9.26. The van der Waals surface area contributed by atoms with E-state index in [0.717, 1.165) is 24.8 Å². The Labute approximate surface area is 76.9 Å². The van der Waals surface area contributed by atoms with Crippen LogP contribution >= 0.6 is 0 Å². The lowest BCUT2D eigenvalue weighted by Crippen LogP contribution is -2.04. The van der Waals surface area contributed by atoms with Crippen LogP contribution in [0.25, 0.3) is 0 Å². The molecule has 0 heterocycles. The molecule has 1 aliphatic rings. The molecule has 0 saturated carbocycles. The summed E-state index contributed by atoms with van der Waals surface area (Å²) in [6.07, 6.45) is 4.34. The predicted octanol–water partition coefficient (Wildman–Crippen LogP) is 2.55. The maximum absolute atomic E-state index is 10.6. The Hall–Kier alpha value is -1.38. The summed E-state index contributed by atoms with van der Waals surface area (Å²) < 4.78 is 0. The standard InChI is InChI=1S/C10H12N2O/c11-9-6-5-7-3-1-2-4-8(7)10(9)12-13/h5-6H,1-4,11H2. The Morgan fingerprint density at radius 2 is 2.00 bits per heavy atom. The molecule has 2 rings (SSSR count). The minimum atomic E-state index is 0.470. The van der Waals surface area contributed by atoms with Crippen LogP contribution in [0.3, 0.4) is 0 Å². The molecule has 1 aromatic carbocycles. The van der Waals surface area contributed by atoms with Gasteiger partial charge in [0.05, 0.1) is 5.69 Å². The number of nitrogens with two attached hydrogens (primary N) is 1. The van der Waals surface area contributed by atoms with Gasteiger partial charge in [0, 0.05) is 0 Å². The van der Waals surface area contributed by atoms with Crippen molar-refractivity contribution in [1.29, 1.82) is 0 Å². The van der Waals surface area contributed by atoms with Crippen LogP contribution in [-0.2, 0) is 12.8 Å². The van der Waals surface area contributed by atoms with Crippen LogP contribution in [0.2, 0.25) is 0 Å². The van der Waals surface area contributed by atoms with Gasteiger partial charge in [-0.25, -0.2) is 0 Å². The van der Waals surface area contributed by atoms with Crippen LogP contribution in [-0.4, -0.2) is 0 Å². The van der Waals surface area contributed by atoms with E-state index in [1.54, 1.807) is 6.07 Å². The van der Waals surface area contributed by atoms with Crippen LogP contribution in [0.4, 0.5) is 11.4 Å². The molecule has 1 aromatic rings. The number of nitrogen functional groups attached to an aromatic ring is 1. The number of anilines is 1. The number of benzene rings is 1. The van der Waals surface area contributed by atoms with Gasteiger partial charge in [0.25, 0.3) is 0 Å². The van der Waals surface area contributed by atoms with Crippen molar-refractivity contribution in [2.75, 3.05) is 5.73 Å². The molecule has 0 atom stereocenters. The largest absolute Gasteiger partial charge is 0.397 e. The molecule has 0 radical (unpaired) electrons. The Bertz CT molecular complexity index is 347. The molecule has 3 nitrogen and oxygen atoms in total. The first-order valence-corrected chi connectivity index (χ1v) is 4.56. The predicted molar refractivity (Wildman–Crippen MR) is 53.0 cm³/mol. The first kappa shape index (κ1) is 8.23. The second kappa shape index (κ2) is 3.17. The highest BCUT2D eigenvalue weighted by Gasteiger charge is 2.15. The molecule has 3 heteroatoms. The van der Waals surface area contributed by atoms with Gasteiger partial charge < -0.3 is 5.73 Å². The summed E-state index contributed by atoms with van der Waals surface area (Å²) >= 11 is 0. The van der Waals surface area contributed by atoms with E-state index in [4.69, 9.17) is 5.73 Å². The molecule has 0 bridgehead atoms. The molecule has 0 unspecified atom stereocenters. The van der Waals surface area contributed by atoms with Gasteiger partial charge in [0.1, 0.15) is 5.69 Å². The quantitative estimate of drug-likeness (QED) is 0.528. The number of fused-ring (bicyclic) bond motifs is 1. The van der Waals surface area contributed by atoms with Gasteiger partial charge in [-0.2, -0.15) is 0 Å². The Morgan fingerprint density at radius 3 is 2.77 bits per heavy atom. The van der Waals surface area contributed by atoms with Crippen molar-refractivity contribution < 1.29 is 0 Å². The van der Waals surface area contributed by atoms with E-state index in [1.165, 1.54) is 12.0 Å². The van der Waals surface area contributed by atoms with Crippen LogP contribution in [0.15, 0.2) is 17.3 Å². The molecule has 0 aromatic heterocycles. The van der Waals surface area contributed by atoms with Crippen molar-refractivity contribution in [1.82, 2.24) is 0 Å². The monoisotopic (exact) mass is 176 g/mol. The highest BCUT2D eigenvalue weighted by Crippen LogP contribution is 2.34. The minimum absolute atomic E-state index is 0.470. The van der Waals surface area contributed by atoms with Crippen molar-refractivity contribution >= 4 is 11.4 Å². The first-order valence-electron chi connectivity index (χ1n) is 4.56. The molecule has 13 heavy (non-hydrogen) atoms. The van der Waals surface area contributed by atoms with E-state index in [-0.39, 0.29) is 0 Å². The summed E-state index contributed by atoms with van der Waals surface area (Å²) in [7, 11) is 0. The van der Waals surface area contributed by atoms with Crippen molar-refractivity contribution in [2.24, 2.45) is 5.18 Å². The fourth-order valence-electron chi connectivity index (χ4n) is 1.93. The Morgan fingerprint density at radius 1 is 1.23 bits per heavy atom. The fraction of sp³-hybridized carbons (Fsp3) is 0.400. The number of hydrogen-bond acceptors (Lipinski definition) is 3. The lowest BCUT2D eigenvalue weighted by molar-refractivity contribution is 0.686. The van der Waals surface area contributed by atoms with E-state index < -0.39 is 0 Å². The highest BCUT2D eigenvalue weighted by molar-refractivity contribution is 5.68. The van der Waals surface area contributed by atoms with Gasteiger partial charge in [-0.15, -0.1) is 4.91 Å². The lowest BCUT2D eigenvalue weighted by Gasteiger charge is -2.17. The van der Waals surface area contributed by atoms with Crippen molar-refractivity contribution in [3.8, 4) is 0 Å². The van der Waals surface area contributed by atoms with E-state index in [1.807, 2.05) is 6.07 Å². The molecule has 1 aliphatic carbocycles. The lowest BCUT2D eigenvalue weighted by atomic mass is 9.90. The second-order valence-electron chi connectivity index (χ2n) is 3.44. The molecule has 2 N–H and O–H groups in total. The Kier molecular flexibility index (Phi) is 2.00. The van der Waals surface area contributed by atoms with E-state index >= 15 is 0 Å². The Balaban J connectivity index is 2.58. The van der Waals surface area contributed by atoms with Crippen molar-refractivity contribution in [3.63, 3.8) is 0 Å². The average Bonchev–Trinajstić information content (AvgIpc) is 2.18. The molecular formula is C10H12N2O. The summed E-state index contributed by atoms with van der Waals surface area (Å²) in [6.45, 7) is 0. The molecular weight excluding hydrogens is 164 g/mol. The second-order valence-corrected chi connectivity index (χ2v) is 3.44. The number of nitroso groups, excluding NO2 is 1. The van der Waals surface area contributed by atoms with E-state index in [9.17, 15) is 4.91 Å². The summed E-state index contributed by atoms with van der Waals surface area (Å²) in [5, 5.41) is 3.01. The van der Waals surface area contributed by atoms with Crippen LogP contribution in [0.5, 0.6) is 0 Å². The van der Waals surface area contributed by atoms with Gasteiger partial charge in [0.2, 0.25) is 0 Å². The third-order valence-electron chi connectivity index (χ3n) is 2.63. The maximum atomic E-state index is 10.6. The van der Waals surface area contributed by atoms with Gasteiger partial charge in [-0.05, 0) is 48.1 Å². The van der Waals surface area contributed by atoms with Crippen LogP contribution in [0.1, 0.15) is 24.0 Å². The summed E-state index contributed by atoms with van der Waals surface area (Å²) in [4.78, 5) is 10.6. The smallest absolute Gasteiger partial charge is 0.134 e. The average molecular weight is 176 g/mol. The van der Waals surface area contributed by atoms with Gasteiger partial charge in [-0.1, -0.05) is 6.07 Å². The third-order valence-corrected chi connectivity index (χ3v) is 2.63. The van der Waals surface area contributed by atoms with Gasteiger partial charge in [-0.3, -0.25) is 0 Å². The summed E-state index contributed by atoms with van der Waals surface area (Å²) in [6, 6.07) is 3.79. The molecule has 0 aliphatic heterocycles. The fourth-order valence-corrected chi connectivity index (χ4v) is 1.93. The molecule has 0 saturated heterocycles. The van der Waals surface area contributed by atoms with E-state index in [0.29, 0.717) is 11.4 Å². The third kappa shape index (κ3) is 1.30. The maximum Gasteiger partial charge on any atom is 0.134 e. The number of aryl methyl sites for hydroxylation is 1. The van der Waals surface area contributed by atoms with Gasteiger partial charge >= 0.3 is 0 Å². The zero-order valence-electron chi connectivity index (χ0n) is 7.42. The van der Waals surface area contributed by atoms with Crippen molar-refractivity contribution in [2.45, 2.75) is 25.7 Å². The molecule has 0 spiro atoms. The zero-order valence-corrected chi connectivity index (χ0v) is 7.42. The first-order chi connectivity index (χ1) is 6.33. The molecule has 68 valence electrons. The van der Waals surface area contributed by atoms with Crippen LogP contribution < -0.4 is 5.73 Å². The number of rotatable bonds is 1. The van der Waals surface area contributed by atoms with E-state index in [2.05, 4.69) is 5.18 Å². The molecule has 0 amide bonds. The minimum Gasteiger partial charge on any atom is -0.397 e. The summed E-state index contributed by atoms with van der Waals surface area (Å²) in [5.41, 5.74) is 8.96. The van der Waals surface area contributed by atoms with Gasteiger partial charge in [0.15, 0.2) is 0 Å². The normalized spacial score (nSPS) is 15.1. The van der Waals surface area contributed by atoms with Crippen molar-refractivity contribution in [3.05, 3.63) is 28.2 Å². The SMILES string of the molecule is Nc1ccc2c(c1N=O)CCCC2.